The van der Waals surface area contributed by atoms with Crippen molar-refractivity contribution in [1.29, 1.82) is 5.26 Å². The second-order valence-electron chi connectivity index (χ2n) is 4.11. The molecule has 1 fully saturated rings. The summed E-state index contributed by atoms with van der Waals surface area (Å²) in [6.45, 7) is 12.3. The van der Waals surface area contributed by atoms with Gasteiger partial charge in [-0.15, -0.1) is 0 Å². The van der Waals surface area contributed by atoms with E-state index < -0.39 is 0 Å². The molecule has 0 amide bonds. The van der Waals surface area contributed by atoms with Crippen LogP contribution in [0.2, 0.25) is 0 Å². The summed E-state index contributed by atoms with van der Waals surface area (Å²) in [5.41, 5.74) is 0. The van der Waals surface area contributed by atoms with Crippen LogP contribution in [0.5, 0.6) is 0 Å². The van der Waals surface area contributed by atoms with Crippen molar-refractivity contribution in [3.8, 4) is 0 Å². The summed E-state index contributed by atoms with van der Waals surface area (Å²) in [5.74, 6) is 0. The molecule has 0 aliphatic carbocycles. The molecule has 82 valence electrons. The van der Waals surface area contributed by atoms with E-state index in [4.69, 9.17) is 11.8 Å². The van der Waals surface area contributed by atoms with Gasteiger partial charge in [-0.2, -0.15) is 0 Å². The molecule has 0 aromatic heterocycles. The first-order valence-electron chi connectivity index (χ1n) is 5.95. The summed E-state index contributed by atoms with van der Waals surface area (Å²) in [5, 5.41) is 6.25. The van der Waals surface area contributed by atoms with Crippen LogP contribution in [0.4, 0.5) is 0 Å². The monoisotopic (exact) mass is 196 g/mol. The van der Waals surface area contributed by atoms with Crippen molar-refractivity contribution in [3.63, 3.8) is 0 Å². The van der Waals surface area contributed by atoms with E-state index in [-0.39, 0.29) is 0 Å². The first-order chi connectivity index (χ1) is 6.88. The van der Waals surface area contributed by atoms with Crippen LogP contribution < -0.4 is 4.90 Å². The molecular formula is C12H24N2. The first kappa shape index (κ1) is 13.4. The zero-order chi connectivity index (χ0) is 10.8. The molecule has 2 nitrogen and oxygen atoms in total. The molecule has 1 rings (SSSR count). The van der Waals surface area contributed by atoms with Crippen LogP contribution in [0.3, 0.4) is 0 Å². The third-order valence-corrected chi connectivity index (χ3v) is 3.22. The molecular weight excluding hydrogens is 172 g/mol. The highest BCUT2D eigenvalue weighted by Crippen LogP contribution is 2.03. The summed E-state index contributed by atoms with van der Waals surface area (Å²) in [6.07, 6.45) is 8.59. The first-order valence-corrected chi connectivity index (χ1v) is 5.95. The Morgan fingerprint density at radius 1 is 1.29 bits per heavy atom. The molecule has 0 saturated carbocycles. The Bertz CT molecular complexity index is 143. The predicted molar refractivity (Wildman–Crippen MR) is 58.5 cm³/mol. The molecule has 1 aliphatic heterocycles. The van der Waals surface area contributed by atoms with Crippen LogP contribution in [0.15, 0.2) is 0 Å². The van der Waals surface area contributed by atoms with Crippen molar-refractivity contribution in [2.75, 3.05) is 13.1 Å². The average molecular weight is 196 g/mol. The second-order valence-corrected chi connectivity index (χ2v) is 4.11. The lowest BCUT2D eigenvalue weighted by atomic mass is 10.1. The van der Waals surface area contributed by atoms with Crippen LogP contribution in [-0.2, 0) is 0 Å². The molecule has 0 radical (unpaired) electrons. The van der Waals surface area contributed by atoms with Gasteiger partial charge in [-0.1, -0.05) is 20.3 Å². The van der Waals surface area contributed by atoms with Gasteiger partial charge in [0, 0.05) is 12.8 Å². The Hall–Kier alpha value is -0.550. The zero-order valence-electron chi connectivity index (χ0n) is 9.68. The summed E-state index contributed by atoms with van der Waals surface area (Å²) >= 11 is 0. The maximum Gasteiger partial charge on any atom is 0.0874 e. The zero-order valence-corrected chi connectivity index (χ0v) is 9.68. The highest BCUT2D eigenvalue weighted by Gasteiger charge is 2.25. The summed E-state index contributed by atoms with van der Waals surface area (Å²) < 4.78 is 0. The largest absolute Gasteiger partial charge is 0.512 e. The van der Waals surface area contributed by atoms with E-state index in [9.17, 15) is 0 Å². The minimum Gasteiger partial charge on any atom is -0.512 e. The number of unbranched alkanes of at least 4 members (excludes halogenated alkanes) is 2. The van der Waals surface area contributed by atoms with Gasteiger partial charge in [-0.05, 0) is 19.3 Å². The Kier molecular flexibility index (Phi) is 8.67. The summed E-state index contributed by atoms with van der Waals surface area (Å²) in [7, 11) is 0. The Morgan fingerprint density at radius 2 is 2.00 bits per heavy atom. The summed E-state index contributed by atoms with van der Waals surface area (Å²) in [6, 6.07) is 1.00. The Labute approximate surface area is 88.9 Å². The molecule has 14 heavy (non-hydrogen) atoms. The topological polar surface area (TPSA) is 28.2 Å². The lowest BCUT2D eigenvalue weighted by Gasteiger charge is -2.19. The standard InChI is InChI=1S/C11H23N.CN/c1-3-5-6-9-12-10-7-8-11(12)4-2;1-2/h11H,3-10H2,1-2H3;/q;-1/p+1. The van der Waals surface area contributed by atoms with Crippen molar-refractivity contribution in [1.82, 2.24) is 0 Å². The van der Waals surface area contributed by atoms with E-state index in [0.29, 0.717) is 0 Å². The number of nitrogens with one attached hydrogen (secondary N) is 1. The SMILES string of the molecule is CCCCC[NH+]1CCCC1CC.[C-]#N. The van der Waals surface area contributed by atoms with Crippen LogP contribution in [0, 0.1) is 11.8 Å². The maximum absolute atomic E-state index is 6.25. The second kappa shape index (κ2) is 9.02. The van der Waals surface area contributed by atoms with E-state index in [1.807, 2.05) is 4.90 Å². The van der Waals surface area contributed by atoms with Crippen LogP contribution in [0.1, 0.15) is 52.4 Å². The van der Waals surface area contributed by atoms with Crippen molar-refractivity contribution in [2.24, 2.45) is 0 Å². The van der Waals surface area contributed by atoms with E-state index >= 15 is 0 Å². The Morgan fingerprint density at radius 3 is 2.57 bits per heavy atom. The quantitative estimate of drug-likeness (QED) is 0.526. The molecule has 1 heterocycles. The van der Waals surface area contributed by atoms with E-state index in [2.05, 4.69) is 13.8 Å². The van der Waals surface area contributed by atoms with Crippen LogP contribution >= 0.6 is 0 Å². The number of rotatable bonds is 5. The molecule has 0 aromatic carbocycles. The summed E-state index contributed by atoms with van der Waals surface area (Å²) in [4.78, 5) is 1.89. The lowest BCUT2D eigenvalue weighted by Crippen LogP contribution is -3.13. The van der Waals surface area contributed by atoms with Gasteiger partial charge in [0.1, 0.15) is 0 Å². The van der Waals surface area contributed by atoms with E-state index in [1.54, 1.807) is 0 Å². The van der Waals surface area contributed by atoms with Crippen molar-refractivity contribution < 1.29 is 4.90 Å². The van der Waals surface area contributed by atoms with Gasteiger partial charge in [0.15, 0.2) is 0 Å². The van der Waals surface area contributed by atoms with Gasteiger partial charge in [-0.25, -0.2) is 0 Å². The fourth-order valence-electron chi connectivity index (χ4n) is 2.41. The van der Waals surface area contributed by atoms with Gasteiger partial charge in [0.25, 0.3) is 0 Å². The highest BCUT2D eigenvalue weighted by atomic mass is 15.2. The molecule has 0 spiro atoms. The fraction of sp³-hybridized carbons (Fsp3) is 0.917. The molecule has 1 aliphatic rings. The van der Waals surface area contributed by atoms with Gasteiger partial charge in [0.05, 0.1) is 19.1 Å². The van der Waals surface area contributed by atoms with Crippen LogP contribution in [-0.4, -0.2) is 19.1 Å². The molecule has 2 unspecified atom stereocenters. The number of nitrogens with zero attached hydrogens (tertiary/aromatic N) is 1. The number of hydrogen-bond acceptors (Lipinski definition) is 1. The van der Waals surface area contributed by atoms with Crippen molar-refractivity contribution >= 4 is 0 Å². The molecule has 2 heteroatoms. The number of likely N-dealkylation sites (tertiary alicyclic amines) is 1. The molecule has 0 aromatic rings. The predicted octanol–water partition coefficient (Wildman–Crippen LogP) is 1.73. The molecule has 2 atom stereocenters. The van der Waals surface area contributed by atoms with Gasteiger partial charge in [-0.3, -0.25) is 0 Å². The molecule has 1 N–H and O–H groups in total. The lowest BCUT2D eigenvalue weighted by molar-refractivity contribution is -0.912. The minimum atomic E-state index is 1.00. The van der Waals surface area contributed by atoms with Gasteiger partial charge in [0.2, 0.25) is 0 Å². The number of hydrogen-bond donors (Lipinski definition) is 1. The minimum absolute atomic E-state index is 1.00. The smallest absolute Gasteiger partial charge is 0.0874 e. The van der Waals surface area contributed by atoms with Crippen molar-refractivity contribution in [3.05, 3.63) is 6.57 Å². The number of quaternary nitrogens is 1. The van der Waals surface area contributed by atoms with Crippen LogP contribution in [0.25, 0.3) is 0 Å². The van der Waals surface area contributed by atoms with E-state index in [1.165, 1.54) is 51.6 Å². The molecule has 1 saturated heterocycles. The fourth-order valence-corrected chi connectivity index (χ4v) is 2.41. The van der Waals surface area contributed by atoms with E-state index in [0.717, 1.165) is 6.04 Å². The third kappa shape index (κ3) is 4.62. The van der Waals surface area contributed by atoms with Crippen molar-refractivity contribution in [2.45, 2.75) is 58.4 Å². The highest BCUT2D eigenvalue weighted by molar-refractivity contribution is 4.59. The maximum atomic E-state index is 6.25. The Balaban J connectivity index is 0.000000791. The molecule has 0 bridgehead atoms. The normalized spacial score (nSPS) is 25.4. The average Bonchev–Trinajstić information content (AvgIpc) is 2.69. The van der Waals surface area contributed by atoms with Gasteiger partial charge >= 0.3 is 0 Å². The van der Waals surface area contributed by atoms with Gasteiger partial charge < -0.3 is 16.7 Å². The third-order valence-electron chi connectivity index (χ3n) is 3.22.